The summed E-state index contributed by atoms with van der Waals surface area (Å²) in [6.45, 7) is 3.45. The number of carbonyl (C=O) groups is 4. The van der Waals surface area contributed by atoms with Crippen LogP contribution in [0.5, 0.6) is 0 Å². The number of aryl methyl sites for hydroxylation is 2. The Labute approximate surface area is 205 Å². The van der Waals surface area contributed by atoms with Crippen LogP contribution in [0, 0.1) is 13.8 Å². The van der Waals surface area contributed by atoms with Gasteiger partial charge in [0.25, 0.3) is 11.1 Å². The van der Waals surface area contributed by atoms with Gasteiger partial charge in [-0.25, -0.2) is 4.79 Å². The van der Waals surface area contributed by atoms with Gasteiger partial charge in [0.05, 0.1) is 17.6 Å². The first kappa shape index (κ1) is 24.0. The highest BCUT2D eigenvalue weighted by molar-refractivity contribution is 8.18. The Kier molecular flexibility index (Phi) is 6.88. The number of nitrogens with zero attached hydrogens (tertiary/aromatic N) is 1. The van der Waals surface area contributed by atoms with E-state index < -0.39 is 23.0 Å². The number of benzene rings is 2. The number of amides is 3. The van der Waals surface area contributed by atoms with E-state index in [2.05, 4.69) is 10.1 Å². The molecule has 178 valence electrons. The topological polar surface area (TPSA) is 106 Å². The first-order chi connectivity index (χ1) is 16.7. The number of hydrogen-bond donors (Lipinski definition) is 1. The smallest absolute Gasteiger partial charge is 0.337 e. The molecule has 0 unspecified atom stereocenters. The molecule has 1 saturated heterocycles. The Morgan fingerprint density at radius 2 is 1.71 bits per heavy atom. The summed E-state index contributed by atoms with van der Waals surface area (Å²) in [6.07, 6.45) is 1.47. The fourth-order valence-electron chi connectivity index (χ4n) is 3.63. The summed E-state index contributed by atoms with van der Waals surface area (Å²) >= 11 is 0.750. The molecule has 0 radical (unpaired) electrons. The molecule has 2 aromatic carbocycles. The Bertz CT molecular complexity index is 1340. The normalized spacial score (nSPS) is 14.5. The zero-order valence-corrected chi connectivity index (χ0v) is 20.1. The molecule has 3 amide bonds. The predicted molar refractivity (Wildman–Crippen MR) is 133 cm³/mol. The zero-order valence-electron chi connectivity index (χ0n) is 19.3. The van der Waals surface area contributed by atoms with E-state index >= 15 is 0 Å². The number of methoxy groups -OCH3 is 1. The number of furan rings is 1. The van der Waals surface area contributed by atoms with E-state index in [1.807, 2.05) is 32.0 Å². The number of ether oxygens (including phenoxy) is 1. The molecule has 0 spiro atoms. The first-order valence-electron chi connectivity index (χ1n) is 10.7. The van der Waals surface area contributed by atoms with Gasteiger partial charge >= 0.3 is 5.97 Å². The molecular weight excluding hydrogens is 468 g/mol. The highest BCUT2D eigenvalue weighted by Crippen LogP contribution is 2.33. The Morgan fingerprint density at radius 1 is 1.03 bits per heavy atom. The van der Waals surface area contributed by atoms with E-state index in [1.165, 1.54) is 13.2 Å². The molecule has 0 aliphatic carbocycles. The van der Waals surface area contributed by atoms with E-state index in [4.69, 9.17) is 4.42 Å². The van der Waals surface area contributed by atoms with Crippen molar-refractivity contribution in [2.24, 2.45) is 0 Å². The molecule has 0 atom stereocenters. The lowest BCUT2D eigenvalue weighted by molar-refractivity contribution is -0.127. The lowest BCUT2D eigenvalue weighted by Gasteiger charge is -2.13. The maximum atomic E-state index is 12.8. The second kappa shape index (κ2) is 10.0. The maximum absolute atomic E-state index is 12.8. The highest BCUT2D eigenvalue weighted by Gasteiger charge is 2.36. The van der Waals surface area contributed by atoms with Crippen molar-refractivity contribution in [2.75, 3.05) is 19.0 Å². The Morgan fingerprint density at radius 3 is 2.37 bits per heavy atom. The van der Waals surface area contributed by atoms with Gasteiger partial charge in [-0.1, -0.05) is 18.2 Å². The largest absolute Gasteiger partial charge is 0.465 e. The lowest BCUT2D eigenvalue weighted by Crippen LogP contribution is -2.36. The maximum Gasteiger partial charge on any atom is 0.337 e. The number of esters is 1. The van der Waals surface area contributed by atoms with Gasteiger partial charge in [-0.3, -0.25) is 19.3 Å². The molecule has 0 saturated carbocycles. The molecule has 3 aromatic rings. The van der Waals surface area contributed by atoms with Crippen molar-refractivity contribution in [3.05, 3.63) is 82.0 Å². The van der Waals surface area contributed by atoms with Crippen LogP contribution in [0.1, 0.15) is 27.2 Å². The number of nitrogens with one attached hydrogen (secondary N) is 1. The summed E-state index contributed by atoms with van der Waals surface area (Å²) in [5, 5.41) is 2.21. The average molecular weight is 491 g/mol. The van der Waals surface area contributed by atoms with E-state index in [0.717, 1.165) is 33.4 Å². The number of thioether (sulfide) groups is 1. The van der Waals surface area contributed by atoms with Crippen LogP contribution >= 0.6 is 11.8 Å². The summed E-state index contributed by atoms with van der Waals surface area (Å²) in [5.74, 6) is -0.553. The molecule has 8 nitrogen and oxygen atoms in total. The van der Waals surface area contributed by atoms with Crippen LogP contribution in [0.2, 0.25) is 0 Å². The summed E-state index contributed by atoms with van der Waals surface area (Å²) in [4.78, 5) is 50.3. The highest BCUT2D eigenvalue weighted by atomic mass is 32.2. The van der Waals surface area contributed by atoms with E-state index in [-0.39, 0.29) is 11.4 Å². The molecule has 2 heterocycles. The van der Waals surface area contributed by atoms with Crippen molar-refractivity contribution in [2.45, 2.75) is 13.8 Å². The average Bonchev–Trinajstić information content (AvgIpc) is 3.38. The zero-order chi connectivity index (χ0) is 25.1. The molecule has 4 rings (SSSR count). The van der Waals surface area contributed by atoms with Crippen molar-refractivity contribution < 1.29 is 28.3 Å². The standard InChI is InChI=1S/C26H22N2O6S/c1-15-10-16(2)12-19(11-15)27-23(29)14-28-24(30)22(35-26(28)32)13-20-8-9-21(34-20)17-4-6-18(7-5-17)25(31)33-3/h4-13H,14H2,1-3H3,(H,27,29)/b22-13+. The van der Waals surface area contributed by atoms with Gasteiger partial charge in [0.1, 0.15) is 18.1 Å². The van der Waals surface area contributed by atoms with Crippen molar-refractivity contribution >= 4 is 46.5 Å². The third-order valence-electron chi connectivity index (χ3n) is 5.17. The SMILES string of the molecule is COC(=O)c1ccc(-c2ccc(/C=C3/SC(=O)N(CC(=O)Nc4cc(C)cc(C)c4)C3=O)o2)cc1. The van der Waals surface area contributed by atoms with Gasteiger partial charge in [0, 0.05) is 17.3 Å². The quantitative estimate of drug-likeness (QED) is 0.382. The van der Waals surface area contributed by atoms with E-state index in [9.17, 15) is 19.2 Å². The molecule has 1 aromatic heterocycles. The van der Waals surface area contributed by atoms with Gasteiger partial charge in [-0.15, -0.1) is 0 Å². The fraction of sp³-hybridized carbons (Fsp3) is 0.154. The summed E-state index contributed by atoms with van der Waals surface area (Å²) in [7, 11) is 1.31. The van der Waals surface area contributed by atoms with E-state index in [0.29, 0.717) is 22.8 Å². The molecule has 1 aliphatic heterocycles. The van der Waals surface area contributed by atoms with Gasteiger partial charge in [0.15, 0.2) is 0 Å². The molecule has 1 N–H and O–H groups in total. The van der Waals surface area contributed by atoms with Gasteiger partial charge in [-0.05, 0) is 73.1 Å². The number of carbonyl (C=O) groups excluding carboxylic acids is 4. The number of rotatable bonds is 6. The Balaban J connectivity index is 1.44. The molecule has 9 heteroatoms. The van der Waals surface area contributed by atoms with Crippen molar-refractivity contribution in [1.82, 2.24) is 4.90 Å². The number of hydrogen-bond acceptors (Lipinski definition) is 7. The number of anilines is 1. The summed E-state index contributed by atoms with van der Waals surface area (Å²) in [6, 6.07) is 15.7. The fourth-order valence-corrected chi connectivity index (χ4v) is 4.45. The first-order valence-corrected chi connectivity index (χ1v) is 11.5. The van der Waals surface area contributed by atoms with Crippen molar-refractivity contribution in [3.8, 4) is 11.3 Å². The van der Waals surface area contributed by atoms with Gasteiger partial charge in [-0.2, -0.15) is 0 Å². The molecule has 0 bridgehead atoms. The minimum absolute atomic E-state index is 0.163. The predicted octanol–water partition coefficient (Wildman–Crippen LogP) is 5.03. The van der Waals surface area contributed by atoms with Crippen molar-refractivity contribution in [3.63, 3.8) is 0 Å². The molecular formula is C26H22N2O6S. The third-order valence-corrected chi connectivity index (χ3v) is 6.08. The van der Waals surface area contributed by atoms with Crippen LogP contribution in [0.15, 0.2) is 63.9 Å². The third kappa shape index (κ3) is 5.52. The minimum Gasteiger partial charge on any atom is -0.465 e. The monoisotopic (exact) mass is 490 g/mol. The molecule has 1 fully saturated rings. The van der Waals surface area contributed by atoms with Crippen LogP contribution in [0.25, 0.3) is 17.4 Å². The van der Waals surface area contributed by atoms with Gasteiger partial charge in [0.2, 0.25) is 5.91 Å². The minimum atomic E-state index is -0.559. The Hall–Kier alpha value is -4.11. The van der Waals surface area contributed by atoms with E-state index in [1.54, 1.807) is 36.4 Å². The second-order valence-corrected chi connectivity index (χ2v) is 8.96. The lowest BCUT2D eigenvalue weighted by atomic mass is 10.1. The number of imide groups is 1. The molecule has 1 aliphatic rings. The van der Waals surface area contributed by atoms with Gasteiger partial charge < -0.3 is 14.5 Å². The summed E-state index contributed by atoms with van der Waals surface area (Å²) in [5.41, 5.74) is 3.74. The second-order valence-electron chi connectivity index (χ2n) is 7.96. The van der Waals surface area contributed by atoms with Crippen molar-refractivity contribution in [1.29, 1.82) is 0 Å². The molecule has 35 heavy (non-hydrogen) atoms. The van der Waals surface area contributed by atoms with Crippen LogP contribution in [0.3, 0.4) is 0 Å². The van der Waals surface area contributed by atoms with Crippen LogP contribution in [-0.2, 0) is 14.3 Å². The van der Waals surface area contributed by atoms with Crippen LogP contribution < -0.4 is 5.32 Å². The van der Waals surface area contributed by atoms with Crippen LogP contribution in [0.4, 0.5) is 10.5 Å². The van der Waals surface area contributed by atoms with Crippen LogP contribution in [-0.4, -0.2) is 41.6 Å². The summed E-state index contributed by atoms with van der Waals surface area (Å²) < 4.78 is 10.5.